The number of hydrogen-bond donors (Lipinski definition) is 1. The molecule has 8 heteroatoms. The van der Waals surface area contributed by atoms with Crippen molar-refractivity contribution in [2.45, 2.75) is 6.04 Å². The molecule has 0 aliphatic carbocycles. The summed E-state index contributed by atoms with van der Waals surface area (Å²) in [5, 5.41) is 12.9. The third-order valence-electron chi connectivity index (χ3n) is 3.95. The highest BCUT2D eigenvalue weighted by Gasteiger charge is 2.21. The van der Waals surface area contributed by atoms with E-state index in [0.29, 0.717) is 26.3 Å². The maximum absolute atomic E-state index is 13.5. The number of nitrogens with zero attached hydrogens (tertiary/aromatic N) is 2. The van der Waals surface area contributed by atoms with Crippen molar-refractivity contribution in [1.82, 2.24) is 10.3 Å². The summed E-state index contributed by atoms with van der Waals surface area (Å²) in [6.45, 7) is 0. The Morgan fingerprint density at radius 2 is 1.86 bits per heavy atom. The van der Waals surface area contributed by atoms with Gasteiger partial charge in [-0.05, 0) is 48.0 Å². The van der Waals surface area contributed by atoms with Crippen molar-refractivity contribution < 1.29 is 9.18 Å². The Morgan fingerprint density at radius 3 is 2.50 bits per heavy atom. The summed E-state index contributed by atoms with van der Waals surface area (Å²) in [5.74, 6) is -1.20. The molecule has 0 bridgehead atoms. The van der Waals surface area contributed by atoms with Crippen molar-refractivity contribution in [1.29, 1.82) is 5.26 Å². The topological polar surface area (TPSA) is 65.8 Å². The molecule has 1 amide bonds. The maximum Gasteiger partial charge on any atom is 0.252 e. The molecule has 3 rings (SSSR count). The molecule has 1 aromatic heterocycles. The van der Waals surface area contributed by atoms with E-state index in [2.05, 4.69) is 10.3 Å². The Kier molecular flexibility index (Phi) is 6.15. The number of aromatic nitrogens is 1. The molecular formula is C20H11Cl3FN3O. The minimum absolute atomic E-state index is 0.136. The number of benzene rings is 2. The fraction of sp³-hybridized carbons (Fsp3) is 0.0500. The summed E-state index contributed by atoms with van der Waals surface area (Å²) < 4.78 is 13.5. The van der Waals surface area contributed by atoms with Gasteiger partial charge in [0, 0.05) is 11.8 Å². The van der Waals surface area contributed by atoms with E-state index in [1.54, 1.807) is 36.4 Å². The second-order valence-corrected chi connectivity index (χ2v) is 7.04. The lowest BCUT2D eigenvalue weighted by Crippen LogP contribution is -2.30. The van der Waals surface area contributed by atoms with Gasteiger partial charge in [-0.3, -0.25) is 9.78 Å². The standard InChI is InChI=1S/C20H11Cl3FN3O/c21-14-3-6-18(26-10-14)19(11-1-4-15(22)16(23)8-11)27-20(28)12-2-5-17(24)13(7-12)9-25/h1-8,10,19H,(H,27,28). The molecule has 0 fully saturated rings. The Bertz CT molecular complexity index is 1080. The van der Waals surface area contributed by atoms with Crippen molar-refractivity contribution in [3.63, 3.8) is 0 Å². The molecule has 3 aromatic rings. The van der Waals surface area contributed by atoms with E-state index in [4.69, 9.17) is 40.1 Å². The van der Waals surface area contributed by atoms with Crippen molar-refractivity contribution in [3.05, 3.63) is 98.0 Å². The average Bonchev–Trinajstić information content (AvgIpc) is 2.69. The van der Waals surface area contributed by atoms with Crippen molar-refractivity contribution >= 4 is 40.7 Å². The van der Waals surface area contributed by atoms with Gasteiger partial charge in [0.15, 0.2) is 0 Å². The van der Waals surface area contributed by atoms with Crippen LogP contribution in [-0.2, 0) is 0 Å². The van der Waals surface area contributed by atoms with Gasteiger partial charge in [0.2, 0.25) is 0 Å². The first-order valence-corrected chi connectivity index (χ1v) is 9.09. The van der Waals surface area contributed by atoms with Crippen LogP contribution in [0.5, 0.6) is 0 Å². The second kappa shape index (κ2) is 8.57. The number of carbonyl (C=O) groups excluding carboxylic acids is 1. The smallest absolute Gasteiger partial charge is 0.252 e. The van der Waals surface area contributed by atoms with E-state index in [1.807, 2.05) is 0 Å². The molecule has 1 heterocycles. The third-order valence-corrected chi connectivity index (χ3v) is 4.91. The SMILES string of the molecule is N#Cc1cc(C(=O)NC(c2ccc(Cl)c(Cl)c2)c2ccc(Cl)cn2)ccc1F. The molecule has 0 spiro atoms. The lowest BCUT2D eigenvalue weighted by atomic mass is 10.0. The van der Waals surface area contributed by atoms with Gasteiger partial charge in [0.05, 0.1) is 32.4 Å². The van der Waals surface area contributed by atoms with Gasteiger partial charge in [-0.1, -0.05) is 40.9 Å². The lowest BCUT2D eigenvalue weighted by Gasteiger charge is -2.20. The van der Waals surface area contributed by atoms with Crippen LogP contribution in [-0.4, -0.2) is 10.9 Å². The summed E-state index contributed by atoms with van der Waals surface area (Å²) in [4.78, 5) is 17.0. The first kappa shape index (κ1) is 20.1. The summed E-state index contributed by atoms with van der Waals surface area (Å²) in [5.41, 5.74) is 1.07. The van der Waals surface area contributed by atoms with Gasteiger partial charge < -0.3 is 5.32 Å². The highest BCUT2D eigenvalue weighted by atomic mass is 35.5. The van der Waals surface area contributed by atoms with Crippen LogP contribution in [0, 0.1) is 17.1 Å². The molecule has 1 unspecified atom stereocenters. The number of amides is 1. The number of nitrogens with one attached hydrogen (secondary N) is 1. The van der Waals surface area contributed by atoms with E-state index in [1.165, 1.54) is 18.3 Å². The van der Waals surface area contributed by atoms with Crippen molar-refractivity contribution in [2.24, 2.45) is 0 Å². The van der Waals surface area contributed by atoms with E-state index in [-0.39, 0.29) is 11.1 Å². The Hall–Kier alpha value is -2.65. The molecule has 0 aliphatic rings. The Labute approximate surface area is 175 Å². The molecule has 4 nitrogen and oxygen atoms in total. The van der Waals surface area contributed by atoms with Crippen molar-refractivity contribution in [2.75, 3.05) is 0 Å². The summed E-state index contributed by atoms with van der Waals surface area (Å²) in [6, 6.07) is 12.9. The predicted molar refractivity (Wildman–Crippen MR) is 106 cm³/mol. The first-order valence-electron chi connectivity index (χ1n) is 7.96. The minimum atomic E-state index is -0.695. The van der Waals surface area contributed by atoms with Gasteiger partial charge >= 0.3 is 0 Å². The fourth-order valence-corrected chi connectivity index (χ4v) is 2.96. The number of carbonyl (C=O) groups is 1. The quantitative estimate of drug-likeness (QED) is 0.583. The Morgan fingerprint density at radius 1 is 1.07 bits per heavy atom. The fourth-order valence-electron chi connectivity index (χ4n) is 2.54. The van der Waals surface area contributed by atoms with Crippen LogP contribution in [0.2, 0.25) is 15.1 Å². The number of hydrogen-bond acceptors (Lipinski definition) is 3. The minimum Gasteiger partial charge on any atom is -0.340 e. The van der Waals surface area contributed by atoms with E-state index < -0.39 is 17.8 Å². The molecule has 0 aliphatic heterocycles. The highest BCUT2D eigenvalue weighted by Crippen LogP contribution is 2.29. The van der Waals surface area contributed by atoms with Crippen LogP contribution in [0.3, 0.4) is 0 Å². The van der Waals surface area contributed by atoms with Crippen LogP contribution in [0.4, 0.5) is 4.39 Å². The van der Waals surface area contributed by atoms with Gasteiger partial charge in [-0.2, -0.15) is 5.26 Å². The molecule has 0 saturated carbocycles. The largest absolute Gasteiger partial charge is 0.340 e. The monoisotopic (exact) mass is 433 g/mol. The number of halogens is 4. The Balaban J connectivity index is 1.99. The van der Waals surface area contributed by atoms with Gasteiger partial charge in [-0.25, -0.2) is 4.39 Å². The lowest BCUT2D eigenvalue weighted by molar-refractivity contribution is 0.0942. The number of rotatable bonds is 4. The zero-order chi connectivity index (χ0) is 20.3. The molecular weight excluding hydrogens is 424 g/mol. The van der Waals surface area contributed by atoms with Crippen LogP contribution < -0.4 is 5.32 Å². The molecule has 2 aromatic carbocycles. The molecule has 140 valence electrons. The molecule has 1 N–H and O–H groups in total. The summed E-state index contributed by atoms with van der Waals surface area (Å²) >= 11 is 18.0. The van der Waals surface area contributed by atoms with Crippen LogP contribution in [0.25, 0.3) is 0 Å². The molecule has 28 heavy (non-hydrogen) atoms. The third kappa shape index (κ3) is 4.42. The summed E-state index contributed by atoms with van der Waals surface area (Å²) in [7, 11) is 0. The van der Waals surface area contributed by atoms with Crippen LogP contribution in [0.1, 0.15) is 33.2 Å². The predicted octanol–water partition coefficient (Wildman–Crippen LogP) is 5.57. The van der Waals surface area contributed by atoms with Gasteiger partial charge in [0.25, 0.3) is 5.91 Å². The average molecular weight is 435 g/mol. The zero-order valence-corrected chi connectivity index (χ0v) is 16.4. The van der Waals surface area contributed by atoms with E-state index >= 15 is 0 Å². The van der Waals surface area contributed by atoms with Gasteiger partial charge in [0.1, 0.15) is 11.9 Å². The number of pyridine rings is 1. The molecule has 0 radical (unpaired) electrons. The molecule has 0 saturated heterocycles. The highest BCUT2D eigenvalue weighted by molar-refractivity contribution is 6.42. The number of nitriles is 1. The van der Waals surface area contributed by atoms with Crippen molar-refractivity contribution in [3.8, 4) is 6.07 Å². The zero-order valence-electron chi connectivity index (χ0n) is 14.1. The summed E-state index contributed by atoms with van der Waals surface area (Å²) in [6.07, 6.45) is 1.46. The maximum atomic E-state index is 13.5. The first-order chi connectivity index (χ1) is 13.4. The van der Waals surface area contributed by atoms with Crippen LogP contribution >= 0.6 is 34.8 Å². The van der Waals surface area contributed by atoms with Crippen LogP contribution in [0.15, 0.2) is 54.7 Å². The molecule has 1 atom stereocenters. The normalized spacial score (nSPS) is 11.5. The van der Waals surface area contributed by atoms with Gasteiger partial charge in [-0.15, -0.1) is 0 Å². The van der Waals surface area contributed by atoms with E-state index in [9.17, 15) is 9.18 Å². The second-order valence-electron chi connectivity index (χ2n) is 5.79. The van der Waals surface area contributed by atoms with E-state index in [0.717, 1.165) is 6.07 Å².